The molecular formula is C23H17Cl2NO2. The quantitative estimate of drug-likeness (QED) is 0.293. The molecule has 0 aliphatic rings. The van der Waals surface area contributed by atoms with E-state index in [-0.39, 0.29) is 0 Å². The van der Waals surface area contributed by atoms with Gasteiger partial charge in [-0.1, -0.05) is 53.0 Å². The number of H-pyrrole nitrogens is 1. The van der Waals surface area contributed by atoms with Crippen molar-refractivity contribution in [1.82, 2.24) is 4.98 Å². The third kappa shape index (κ3) is 3.51. The molecule has 0 saturated carbocycles. The number of aromatic nitrogens is 1. The fourth-order valence-corrected chi connectivity index (χ4v) is 3.66. The zero-order valence-electron chi connectivity index (χ0n) is 15.3. The Morgan fingerprint density at radius 1 is 0.929 bits per heavy atom. The molecule has 0 atom stereocenters. The second kappa shape index (κ2) is 7.34. The molecule has 1 N–H and O–H groups in total. The SMILES string of the molecule is Cc1ccc(OC(=O)c2ccc(-c3[nH]c4ccc(Cl)cc4c3Cl)cc2)c(C)c1. The zero-order chi connectivity index (χ0) is 19.8. The topological polar surface area (TPSA) is 42.1 Å². The lowest BCUT2D eigenvalue weighted by Gasteiger charge is -2.08. The fourth-order valence-electron chi connectivity index (χ4n) is 3.18. The van der Waals surface area contributed by atoms with Gasteiger partial charge in [-0.3, -0.25) is 0 Å². The molecular weight excluding hydrogens is 393 g/mol. The lowest BCUT2D eigenvalue weighted by atomic mass is 10.1. The molecule has 28 heavy (non-hydrogen) atoms. The minimum atomic E-state index is -0.395. The van der Waals surface area contributed by atoms with Crippen LogP contribution in [0.5, 0.6) is 5.75 Å². The highest BCUT2D eigenvalue weighted by atomic mass is 35.5. The van der Waals surface area contributed by atoms with E-state index in [2.05, 4.69) is 4.98 Å². The highest BCUT2D eigenvalue weighted by molar-refractivity contribution is 6.39. The lowest BCUT2D eigenvalue weighted by molar-refractivity contribution is 0.0733. The van der Waals surface area contributed by atoms with Crippen LogP contribution >= 0.6 is 23.2 Å². The second-order valence-corrected chi connectivity index (χ2v) is 7.55. The molecule has 0 unspecified atom stereocenters. The highest BCUT2D eigenvalue weighted by Crippen LogP contribution is 2.35. The molecule has 0 bridgehead atoms. The van der Waals surface area contributed by atoms with Crippen LogP contribution in [0.3, 0.4) is 0 Å². The zero-order valence-corrected chi connectivity index (χ0v) is 16.9. The monoisotopic (exact) mass is 409 g/mol. The van der Waals surface area contributed by atoms with Crippen LogP contribution in [0.1, 0.15) is 21.5 Å². The molecule has 0 spiro atoms. The molecule has 3 nitrogen and oxygen atoms in total. The summed E-state index contributed by atoms with van der Waals surface area (Å²) in [5.41, 5.74) is 5.09. The number of halogens is 2. The van der Waals surface area contributed by atoms with Gasteiger partial charge in [-0.05, 0) is 61.4 Å². The maximum absolute atomic E-state index is 12.5. The Kier molecular flexibility index (Phi) is 4.88. The number of esters is 1. The first-order valence-electron chi connectivity index (χ1n) is 8.79. The smallest absolute Gasteiger partial charge is 0.343 e. The van der Waals surface area contributed by atoms with Crippen molar-refractivity contribution in [2.75, 3.05) is 0 Å². The Balaban J connectivity index is 1.60. The third-order valence-corrected chi connectivity index (χ3v) is 5.27. The molecule has 4 rings (SSSR count). The van der Waals surface area contributed by atoms with Crippen LogP contribution in [-0.4, -0.2) is 11.0 Å². The van der Waals surface area contributed by atoms with Gasteiger partial charge in [0.2, 0.25) is 0 Å². The predicted molar refractivity (Wildman–Crippen MR) is 115 cm³/mol. The Morgan fingerprint density at radius 3 is 2.39 bits per heavy atom. The second-order valence-electron chi connectivity index (χ2n) is 6.74. The van der Waals surface area contributed by atoms with Gasteiger partial charge in [0.1, 0.15) is 5.75 Å². The van der Waals surface area contributed by atoms with Crippen molar-refractivity contribution in [2.24, 2.45) is 0 Å². The number of carbonyl (C=O) groups excluding carboxylic acids is 1. The maximum atomic E-state index is 12.5. The Morgan fingerprint density at radius 2 is 1.68 bits per heavy atom. The summed E-state index contributed by atoms with van der Waals surface area (Å²) in [6.45, 7) is 3.92. The lowest BCUT2D eigenvalue weighted by Crippen LogP contribution is -2.09. The number of aryl methyl sites for hydroxylation is 2. The summed E-state index contributed by atoms with van der Waals surface area (Å²) in [7, 11) is 0. The van der Waals surface area contributed by atoms with Gasteiger partial charge in [-0.25, -0.2) is 4.79 Å². The summed E-state index contributed by atoms with van der Waals surface area (Å²) in [4.78, 5) is 15.8. The van der Waals surface area contributed by atoms with Crippen molar-refractivity contribution in [1.29, 1.82) is 0 Å². The van der Waals surface area contributed by atoms with E-state index in [1.165, 1.54) is 0 Å². The van der Waals surface area contributed by atoms with Gasteiger partial charge < -0.3 is 9.72 Å². The minimum absolute atomic E-state index is 0.395. The third-order valence-electron chi connectivity index (χ3n) is 4.64. The number of nitrogens with one attached hydrogen (secondary N) is 1. The van der Waals surface area contributed by atoms with Crippen molar-refractivity contribution < 1.29 is 9.53 Å². The molecule has 4 aromatic rings. The predicted octanol–water partition coefficient (Wildman–Crippen LogP) is 6.98. The average molecular weight is 410 g/mol. The Labute approximate surface area is 172 Å². The molecule has 1 aromatic heterocycles. The molecule has 0 saturated heterocycles. The standard InChI is InChI=1S/C23H17Cl2NO2/c1-13-3-10-20(14(2)11-13)28-23(27)16-6-4-15(5-7-16)22-21(25)18-12-17(24)8-9-19(18)26-22/h3-12,26H,1-2H3. The number of benzene rings is 3. The van der Waals surface area contributed by atoms with Gasteiger partial charge in [0.05, 0.1) is 16.3 Å². The van der Waals surface area contributed by atoms with Crippen LogP contribution in [-0.2, 0) is 0 Å². The van der Waals surface area contributed by atoms with Gasteiger partial charge >= 0.3 is 5.97 Å². The van der Waals surface area contributed by atoms with E-state index in [0.717, 1.165) is 33.3 Å². The molecule has 140 valence electrons. The van der Waals surface area contributed by atoms with E-state index in [0.29, 0.717) is 21.4 Å². The molecule has 0 radical (unpaired) electrons. The molecule has 0 amide bonds. The van der Waals surface area contributed by atoms with Gasteiger partial charge in [0.15, 0.2) is 0 Å². The van der Waals surface area contributed by atoms with Gasteiger partial charge in [0, 0.05) is 15.9 Å². The van der Waals surface area contributed by atoms with Crippen LogP contribution < -0.4 is 4.74 Å². The molecule has 5 heteroatoms. The van der Waals surface area contributed by atoms with E-state index < -0.39 is 5.97 Å². The first-order valence-corrected chi connectivity index (χ1v) is 9.54. The van der Waals surface area contributed by atoms with Crippen molar-refractivity contribution >= 4 is 40.1 Å². The van der Waals surface area contributed by atoms with E-state index in [1.54, 1.807) is 12.1 Å². The van der Waals surface area contributed by atoms with Crippen LogP contribution in [0.25, 0.3) is 22.2 Å². The fraction of sp³-hybridized carbons (Fsp3) is 0.0870. The summed E-state index contributed by atoms with van der Waals surface area (Å²) in [6, 6.07) is 18.4. The largest absolute Gasteiger partial charge is 0.423 e. The summed E-state index contributed by atoms with van der Waals surface area (Å²) in [5, 5.41) is 2.09. The molecule has 1 heterocycles. The van der Waals surface area contributed by atoms with Crippen molar-refractivity contribution in [2.45, 2.75) is 13.8 Å². The average Bonchev–Trinajstić information content (AvgIpc) is 3.00. The highest BCUT2D eigenvalue weighted by Gasteiger charge is 2.14. The number of hydrogen-bond donors (Lipinski definition) is 1. The summed E-state index contributed by atoms with van der Waals surface area (Å²) >= 11 is 12.6. The van der Waals surface area contributed by atoms with Crippen molar-refractivity contribution in [3.05, 3.63) is 87.4 Å². The van der Waals surface area contributed by atoms with E-state index in [4.69, 9.17) is 27.9 Å². The van der Waals surface area contributed by atoms with Crippen LogP contribution in [0.4, 0.5) is 0 Å². The summed E-state index contributed by atoms with van der Waals surface area (Å²) < 4.78 is 5.53. The summed E-state index contributed by atoms with van der Waals surface area (Å²) in [5.74, 6) is 0.170. The normalized spacial score (nSPS) is 11.0. The van der Waals surface area contributed by atoms with Crippen LogP contribution in [0.2, 0.25) is 10.0 Å². The Hall–Kier alpha value is -2.75. The minimum Gasteiger partial charge on any atom is -0.423 e. The number of aromatic amines is 1. The number of carbonyl (C=O) groups is 1. The van der Waals surface area contributed by atoms with Crippen molar-refractivity contribution in [3.8, 4) is 17.0 Å². The van der Waals surface area contributed by atoms with Crippen molar-refractivity contribution in [3.63, 3.8) is 0 Å². The molecule has 3 aromatic carbocycles. The van der Waals surface area contributed by atoms with Gasteiger partial charge in [0.25, 0.3) is 0 Å². The van der Waals surface area contributed by atoms with Gasteiger partial charge in [-0.15, -0.1) is 0 Å². The number of fused-ring (bicyclic) bond motifs is 1. The number of rotatable bonds is 3. The molecule has 0 aliphatic carbocycles. The first-order chi connectivity index (χ1) is 13.4. The number of ether oxygens (including phenoxy) is 1. The van der Waals surface area contributed by atoms with E-state index >= 15 is 0 Å². The van der Waals surface area contributed by atoms with E-state index in [9.17, 15) is 4.79 Å². The molecule has 0 aliphatic heterocycles. The van der Waals surface area contributed by atoms with Crippen LogP contribution in [0.15, 0.2) is 60.7 Å². The number of hydrogen-bond acceptors (Lipinski definition) is 2. The van der Waals surface area contributed by atoms with E-state index in [1.807, 2.05) is 62.4 Å². The first kappa shape index (κ1) is 18.6. The Bertz CT molecular complexity index is 1190. The van der Waals surface area contributed by atoms with Crippen LogP contribution in [0, 0.1) is 13.8 Å². The molecule has 0 fully saturated rings. The van der Waals surface area contributed by atoms with Gasteiger partial charge in [-0.2, -0.15) is 0 Å². The maximum Gasteiger partial charge on any atom is 0.343 e. The summed E-state index contributed by atoms with van der Waals surface area (Å²) in [6.07, 6.45) is 0.